The van der Waals surface area contributed by atoms with Crippen LogP contribution in [0, 0.1) is 13.8 Å². The number of aryl methyl sites for hydroxylation is 2. The zero-order valence-electron chi connectivity index (χ0n) is 25.0. The molecule has 0 bridgehead atoms. The Bertz CT molecular complexity index is 1510. The fraction of sp³-hybridized carbons (Fsp3) is 0.355. The van der Waals surface area contributed by atoms with Crippen molar-refractivity contribution < 1.29 is 27.5 Å². The third kappa shape index (κ3) is 8.04. The van der Waals surface area contributed by atoms with Gasteiger partial charge < -0.3 is 19.7 Å². The number of benzene rings is 3. The highest BCUT2D eigenvalue weighted by Gasteiger charge is 2.33. The Morgan fingerprint density at radius 3 is 2.02 bits per heavy atom. The molecule has 11 heteroatoms. The van der Waals surface area contributed by atoms with E-state index in [0.717, 1.165) is 25.5 Å². The Morgan fingerprint density at radius 1 is 0.881 bits per heavy atom. The van der Waals surface area contributed by atoms with Crippen molar-refractivity contribution in [3.05, 3.63) is 81.8 Å². The van der Waals surface area contributed by atoms with Crippen LogP contribution in [0.5, 0.6) is 11.5 Å². The summed E-state index contributed by atoms with van der Waals surface area (Å²) >= 11 is 3.42. The lowest BCUT2D eigenvalue weighted by atomic mass is 10.1. The maximum Gasteiger partial charge on any atom is 0.264 e. The highest BCUT2D eigenvalue weighted by atomic mass is 79.9. The monoisotopic (exact) mass is 659 g/mol. The Kier molecular flexibility index (Phi) is 11.0. The van der Waals surface area contributed by atoms with Crippen LogP contribution in [0.15, 0.2) is 70.0 Å². The first-order valence-corrected chi connectivity index (χ1v) is 15.7. The molecule has 1 atom stereocenters. The van der Waals surface area contributed by atoms with Crippen LogP contribution in [0.2, 0.25) is 0 Å². The first-order valence-electron chi connectivity index (χ1n) is 13.4. The number of hydrogen-bond acceptors (Lipinski definition) is 6. The number of nitrogens with one attached hydrogen (secondary N) is 1. The summed E-state index contributed by atoms with van der Waals surface area (Å²) in [6, 6.07) is 16.0. The fourth-order valence-corrected chi connectivity index (χ4v) is 6.18. The Hall–Kier alpha value is -3.57. The number of anilines is 1. The highest BCUT2D eigenvalue weighted by Crippen LogP contribution is 2.33. The van der Waals surface area contributed by atoms with Crippen molar-refractivity contribution in [1.29, 1.82) is 0 Å². The van der Waals surface area contributed by atoms with Gasteiger partial charge in [0.05, 0.1) is 24.8 Å². The second kappa shape index (κ2) is 14.1. The standard InChI is InChI=1S/C31H38BrN3O6S/c1-20(2)33-31(37)23(5)34(18-24-8-10-25(32)11-9-24)30(36)19-35(26-15-21(3)14-22(4)16-26)42(38,39)27-12-13-28(40-6)29(17-27)41-7/h8-17,20,23H,18-19H2,1-7H3,(H,33,37)/t23-/m0/s1. The third-order valence-electron chi connectivity index (χ3n) is 6.58. The van der Waals surface area contributed by atoms with E-state index < -0.39 is 28.5 Å². The van der Waals surface area contributed by atoms with Crippen LogP contribution < -0.4 is 19.1 Å². The van der Waals surface area contributed by atoms with E-state index in [2.05, 4.69) is 21.2 Å². The SMILES string of the molecule is COc1ccc(S(=O)(=O)N(CC(=O)N(Cc2ccc(Br)cc2)[C@@H](C)C(=O)NC(C)C)c2cc(C)cc(C)c2)cc1OC. The Morgan fingerprint density at radius 2 is 1.48 bits per heavy atom. The number of amides is 2. The van der Waals surface area contributed by atoms with Crippen LogP contribution in [-0.2, 0) is 26.2 Å². The maximum atomic E-state index is 14.2. The van der Waals surface area contributed by atoms with Crippen molar-refractivity contribution in [1.82, 2.24) is 10.2 Å². The molecule has 1 N–H and O–H groups in total. The van der Waals surface area contributed by atoms with Gasteiger partial charge in [0.1, 0.15) is 12.6 Å². The molecule has 0 unspecified atom stereocenters. The van der Waals surface area contributed by atoms with Crippen LogP contribution in [0.25, 0.3) is 0 Å². The molecule has 0 saturated heterocycles. The smallest absolute Gasteiger partial charge is 0.264 e. The van der Waals surface area contributed by atoms with Gasteiger partial charge in [0.15, 0.2) is 11.5 Å². The van der Waals surface area contributed by atoms with Crippen LogP contribution in [0.4, 0.5) is 5.69 Å². The molecule has 42 heavy (non-hydrogen) atoms. The summed E-state index contributed by atoms with van der Waals surface area (Å²) in [5, 5.41) is 2.85. The lowest BCUT2D eigenvalue weighted by Gasteiger charge is -2.32. The Labute approximate surface area is 257 Å². The minimum Gasteiger partial charge on any atom is -0.493 e. The summed E-state index contributed by atoms with van der Waals surface area (Å²) < 4.78 is 41.0. The lowest BCUT2D eigenvalue weighted by Crippen LogP contribution is -2.52. The zero-order chi connectivity index (χ0) is 31.2. The van der Waals surface area contributed by atoms with E-state index in [1.165, 1.54) is 37.3 Å². The molecule has 226 valence electrons. The molecule has 0 saturated carbocycles. The van der Waals surface area contributed by atoms with Crippen LogP contribution in [0.3, 0.4) is 0 Å². The van der Waals surface area contributed by atoms with Gasteiger partial charge in [0, 0.05) is 23.1 Å². The summed E-state index contributed by atoms with van der Waals surface area (Å²) in [7, 11) is -1.39. The van der Waals surface area contributed by atoms with E-state index in [-0.39, 0.29) is 29.1 Å². The summed E-state index contributed by atoms with van der Waals surface area (Å²) in [5.41, 5.74) is 2.79. The molecule has 0 aromatic heterocycles. The molecule has 0 spiro atoms. The van der Waals surface area contributed by atoms with Crippen molar-refractivity contribution in [3.8, 4) is 11.5 Å². The number of nitrogens with zero attached hydrogens (tertiary/aromatic N) is 2. The van der Waals surface area contributed by atoms with Gasteiger partial charge in [-0.1, -0.05) is 34.1 Å². The maximum absolute atomic E-state index is 14.2. The number of sulfonamides is 1. The van der Waals surface area contributed by atoms with Gasteiger partial charge in [0.2, 0.25) is 11.8 Å². The molecule has 3 rings (SSSR count). The molecule has 3 aromatic carbocycles. The molecular formula is C31H38BrN3O6S. The van der Waals surface area contributed by atoms with Gasteiger partial charge in [0.25, 0.3) is 10.0 Å². The number of halogens is 1. The van der Waals surface area contributed by atoms with E-state index in [1.807, 2.05) is 58.0 Å². The van der Waals surface area contributed by atoms with Crippen molar-refractivity contribution in [3.63, 3.8) is 0 Å². The molecule has 0 aliphatic carbocycles. The number of carbonyl (C=O) groups is 2. The third-order valence-corrected chi connectivity index (χ3v) is 8.88. The normalized spacial score (nSPS) is 12.0. The van der Waals surface area contributed by atoms with Crippen molar-refractivity contribution in [2.24, 2.45) is 0 Å². The van der Waals surface area contributed by atoms with Gasteiger partial charge >= 0.3 is 0 Å². The summed E-state index contributed by atoms with van der Waals surface area (Å²) in [5.74, 6) is -0.263. The van der Waals surface area contributed by atoms with Crippen molar-refractivity contribution in [2.45, 2.75) is 58.1 Å². The first kappa shape index (κ1) is 32.9. The summed E-state index contributed by atoms with van der Waals surface area (Å²) in [6.45, 7) is 8.60. The molecule has 2 amide bonds. The minimum absolute atomic E-state index is 0.0721. The topological polar surface area (TPSA) is 105 Å². The second-order valence-corrected chi connectivity index (χ2v) is 13.1. The summed E-state index contributed by atoms with van der Waals surface area (Å²) in [6.07, 6.45) is 0. The van der Waals surface area contributed by atoms with Crippen molar-refractivity contribution >= 4 is 43.5 Å². The zero-order valence-corrected chi connectivity index (χ0v) is 27.4. The lowest BCUT2D eigenvalue weighted by molar-refractivity contribution is -0.139. The van der Waals surface area contributed by atoms with Gasteiger partial charge in [-0.25, -0.2) is 8.42 Å². The van der Waals surface area contributed by atoms with Gasteiger partial charge in [-0.05, 0) is 87.7 Å². The molecule has 0 fully saturated rings. The Balaban J connectivity index is 2.10. The highest BCUT2D eigenvalue weighted by molar-refractivity contribution is 9.10. The molecule has 0 aliphatic heterocycles. The molecule has 0 heterocycles. The average molecular weight is 661 g/mol. The average Bonchev–Trinajstić information content (AvgIpc) is 2.93. The first-order chi connectivity index (χ1) is 19.8. The minimum atomic E-state index is -4.27. The molecule has 9 nitrogen and oxygen atoms in total. The van der Waals surface area contributed by atoms with Crippen LogP contribution >= 0.6 is 15.9 Å². The second-order valence-electron chi connectivity index (χ2n) is 10.4. The van der Waals surface area contributed by atoms with E-state index in [0.29, 0.717) is 11.4 Å². The van der Waals surface area contributed by atoms with Crippen molar-refractivity contribution in [2.75, 3.05) is 25.1 Å². The summed E-state index contributed by atoms with van der Waals surface area (Å²) in [4.78, 5) is 28.5. The number of carbonyl (C=O) groups excluding carboxylic acids is 2. The largest absolute Gasteiger partial charge is 0.493 e. The number of rotatable bonds is 12. The predicted octanol–water partition coefficient (Wildman–Crippen LogP) is 5.22. The van der Waals surface area contributed by atoms with Crippen LogP contribution in [0.1, 0.15) is 37.5 Å². The van der Waals surface area contributed by atoms with E-state index in [1.54, 1.807) is 19.1 Å². The molecule has 0 radical (unpaired) electrons. The predicted molar refractivity (Wildman–Crippen MR) is 167 cm³/mol. The number of hydrogen-bond donors (Lipinski definition) is 1. The number of ether oxygens (including phenoxy) is 2. The fourth-order valence-electron chi connectivity index (χ4n) is 4.50. The van der Waals surface area contributed by atoms with Gasteiger partial charge in [-0.2, -0.15) is 0 Å². The van der Waals surface area contributed by atoms with E-state index >= 15 is 0 Å². The quantitative estimate of drug-likeness (QED) is 0.286. The van der Waals surface area contributed by atoms with Gasteiger partial charge in [-0.3, -0.25) is 13.9 Å². The van der Waals surface area contributed by atoms with E-state index in [9.17, 15) is 18.0 Å². The van der Waals surface area contributed by atoms with Crippen LogP contribution in [-0.4, -0.2) is 58.0 Å². The molecule has 0 aliphatic rings. The molecule has 3 aromatic rings. The molecular weight excluding hydrogens is 622 g/mol. The van der Waals surface area contributed by atoms with Gasteiger partial charge in [-0.15, -0.1) is 0 Å². The number of methoxy groups -OCH3 is 2. The van der Waals surface area contributed by atoms with E-state index in [4.69, 9.17) is 9.47 Å².